The highest BCUT2D eigenvalue weighted by molar-refractivity contribution is 6.06. The van der Waals surface area contributed by atoms with Crippen molar-refractivity contribution in [3.05, 3.63) is 36.0 Å². The van der Waals surface area contributed by atoms with Crippen LogP contribution < -0.4 is 5.32 Å². The molecular weight excluding hydrogens is 272 g/mol. The van der Waals surface area contributed by atoms with Crippen molar-refractivity contribution >= 4 is 22.8 Å². The molecule has 1 amide bonds. The predicted molar refractivity (Wildman–Crippen MR) is 76.2 cm³/mol. The van der Waals surface area contributed by atoms with Gasteiger partial charge in [0.25, 0.3) is 5.91 Å². The van der Waals surface area contributed by atoms with E-state index in [1.165, 1.54) is 0 Å². The third-order valence-corrected chi connectivity index (χ3v) is 3.80. The zero-order valence-corrected chi connectivity index (χ0v) is 11.4. The molecule has 110 valence electrons. The Hall–Kier alpha value is -2.34. The first-order valence-electron chi connectivity index (χ1n) is 6.78. The van der Waals surface area contributed by atoms with Crippen molar-refractivity contribution in [2.24, 2.45) is 0 Å². The highest BCUT2D eigenvalue weighted by Gasteiger charge is 2.39. The number of fused-ring (bicyclic) bond motifs is 1. The zero-order valence-electron chi connectivity index (χ0n) is 11.4. The fourth-order valence-corrected chi connectivity index (χ4v) is 2.76. The van der Waals surface area contributed by atoms with Crippen LogP contribution in [0.25, 0.3) is 10.9 Å². The van der Waals surface area contributed by atoms with Gasteiger partial charge >= 0.3 is 5.97 Å². The van der Waals surface area contributed by atoms with E-state index in [1.54, 1.807) is 18.3 Å². The molecule has 6 heteroatoms. The second kappa shape index (κ2) is 5.21. The zero-order chi connectivity index (χ0) is 14.9. The molecule has 0 aliphatic carbocycles. The molecule has 1 aromatic heterocycles. The number of aromatic amines is 1. The molecule has 1 atom stereocenters. The Labute approximate surface area is 121 Å². The first kappa shape index (κ1) is 13.6. The maximum Gasteiger partial charge on any atom is 0.305 e. The largest absolute Gasteiger partial charge is 0.481 e. The summed E-state index contributed by atoms with van der Waals surface area (Å²) in [4.78, 5) is 26.6. The maximum atomic E-state index is 12.5. The van der Waals surface area contributed by atoms with Crippen molar-refractivity contribution in [3.8, 4) is 0 Å². The van der Waals surface area contributed by atoms with Crippen LogP contribution in [0.1, 0.15) is 23.2 Å². The number of carboxylic acids is 1. The summed E-state index contributed by atoms with van der Waals surface area (Å²) < 4.78 is 5.28. The lowest BCUT2D eigenvalue weighted by Crippen LogP contribution is -2.50. The lowest BCUT2D eigenvalue weighted by atomic mass is 9.93. The average Bonchev–Trinajstić information content (AvgIpc) is 3.06. The molecule has 1 aliphatic heterocycles. The number of hydrogen-bond donors (Lipinski definition) is 3. The van der Waals surface area contributed by atoms with Crippen LogP contribution in [0.2, 0.25) is 0 Å². The average molecular weight is 288 g/mol. The molecule has 1 unspecified atom stereocenters. The molecule has 0 radical (unpaired) electrons. The number of para-hydroxylation sites is 1. The van der Waals surface area contributed by atoms with Crippen LogP contribution in [-0.2, 0) is 9.53 Å². The number of rotatable bonds is 4. The number of carbonyl (C=O) groups excluding carboxylic acids is 1. The van der Waals surface area contributed by atoms with E-state index in [4.69, 9.17) is 9.84 Å². The second-order valence-corrected chi connectivity index (χ2v) is 5.36. The van der Waals surface area contributed by atoms with Gasteiger partial charge in [0.05, 0.1) is 29.6 Å². The van der Waals surface area contributed by atoms with E-state index in [0.29, 0.717) is 18.6 Å². The molecule has 2 aromatic rings. The van der Waals surface area contributed by atoms with Gasteiger partial charge in [0, 0.05) is 18.2 Å². The van der Waals surface area contributed by atoms with Gasteiger partial charge in [0.2, 0.25) is 0 Å². The molecule has 3 N–H and O–H groups in total. The molecule has 0 saturated carbocycles. The van der Waals surface area contributed by atoms with E-state index < -0.39 is 11.5 Å². The van der Waals surface area contributed by atoms with Crippen LogP contribution >= 0.6 is 0 Å². The number of carbonyl (C=O) groups is 2. The third kappa shape index (κ3) is 2.62. The van der Waals surface area contributed by atoms with Crippen LogP contribution in [0.4, 0.5) is 0 Å². The van der Waals surface area contributed by atoms with Crippen molar-refractivity contribution in [1.82, 2.24) is 10.3 Å². The van der Waals surface area contributed by atoms with Gasteiger partial charge in [0.1, 0.15) is 0 Å². The predicted octanol–water partition coefficient (Wildman–Crippen LogP) is 1.53. The summed E-state index contributed by atoms with van der Waals surface area (Å²) in [5.74, 6) is -1.23. The fraction of sp³-hybridized carbons (Fsp3) is 0.333. The van der Waals surface area contributed by atoms with Gasteiger partial charge in [-0.1, -0.05) is 12.1 Å². The van der Waals surface area contributed by atoms with Gasteiger partial charge in [-0.25, -0.2) is 0 Å². The molecule has 0 spiro atoms. The van der Waals surface area contributed by atoms with Gasteiger partial charge in [-0.05, 0) is 18.6 Å². The molecule has 3 rings (SSSR count). The minimum Gasteiger partial charge on any atom is -0.481 e. The normalized spacial score (nSPS) is 21.5. The van der Waals surface area contributed by atoms with Crippen molar-refractivity contribution < 1.29 is 19.4 Å². The topological polar surface area (TPSA) is 91.4 Å². The lowest BCUT2D eigenvalue weighted by molar-refractivity contribution is -0.138. The van der Waals surface area contributed by atoms with E-state index in [-0.39, 0.29) is 18.9 Å². The fourth-order valence-electron chi connectivity index (χ4n) is 2.76. The summed E-state index contributed by atoms with van der Waals surface area (Å²) in [6.45, 7) is 0.687. The number of aromatic nitrogens is 1. The minimum absolute atomic E-state index is 0.139. The summed E-state index contributed by atoms with van der Waals surface area (Å²) in [6, 6.07) is 7.32. The molecule has 6 nitrogen and oxygen atoms in total. The standard InChI is InChI=1S/C15H16N2O4/c18-12(19)8-15(5-7-21-9-15)17-14(20)11-3-1-2-10-4-6-16-13(10)11/h1-4,6,16H,5,7-9H2,(H,17,20)(H,18,19). The van der Waals surface area contributed by atoms with Crippen LogP contribution in [0, 0.1) is 0 Å². The molecule has 2 heterocycles. The van der Waals surface area contributed by atoms with Gasteiger partial charge < -0.3 is 20.1 Å². The Morgan fingerprint density at radius 3 is 2.95 bits per heavy atom. The highest BCUT2D eigenvalue weighted by Crippen LogP contribution is 2.24. The van der Waals surface area contributed by atoms with Gasteiger partial charge in [-0.15, -0.1) is 0 Å². The number of ether oxygens (including phenoxy) is 1. The maximum absolute atomic E-state index is 12.5. The quantitative estimate of drug-likeness (QED) is 0.795. The Morgan fingerprint density at radius 2 is 2.24 bits per heavy atom. The molecule has 21 heavy (non-hydrogen) atoms. The Morgan fingerprint density at radius 1 is 1.38 bits per heavy atom. The SMILES string of the molecule is O=C(O)CC1(NC(=O)c2cccc3cc[nH]c23)CCOC1. The summed E-state index contributed by atoms with van der Waals surface area (Å²) in [5.41, 5.74) is 0.436. The molecule has 1 fully saturated rings. The van der Waals surface area contributed by atoms with E-state index in [2.05, 4.69) is 10.3 Å². The molecule has 0 bridgehead atoms. The number of carboxylic acid groups (broad SMARTS) is 1. The molecular formula is C15H16N2O4. The summed E-state index contributed by atoms with van der Waals surface area (Å²) in [6.07, 6.45) is 2.14. The van der Waals surface area contributed by atoms with Gasteiger partial charge in [0.15, 0.2) is 0 Å². The van der Waals surface area contributed by atoms with Crippen molar-refractivity contribution in [3.63, 3.8) is 0 Å². The van der Waals surface area contributed by atoms with E-state index in [1.807, 2.05) is 12.1 Å². The van der Waals surface area contributed by atoms with E-state index >= 15 is 0 Å². The van der Waals surface area contributed by atoms with Gasteiger partial charge in [-0.2, -0.15) is 0 Å². The van der Waals surface area contributed by atoms with Crippen LogP contribution in [0.15, 0.2) is 30.5 Å². The second-order valence-electron chi connectivity index (χ2n) is 5.36. The van der Waals surface area contributed by atoms with E-state index in [9.17, 15) is 9.59 Å². The first-order chi connectivity index (χ1) is 10.1. The Kier molecular flexibility index (Phi) is 3.39. The number of nitrogens with one attached hydrogen (secondary N) is 2. The number of aliphatic carboxylic acids is 1. The minimum atomic E-state index is -0.945. The Bertz CT molecular complexity index is 686. The molecule has 1 aromatic carbocycles. The monoisotopic (exact) mass is 288 g/mol. The van der Waals surface area contributed by atoms with Crippen LogP contribution in [0.5, 0.6) is 0 Å². The molecule has 1 saturated heterocycles. The van der Waals surface area contributed by atoms with Crippen molar-refractivity contribution in [2.75, 3.05) is 13.2 Å². The molecule has 1 aliphatic rings. The van der Waals surface area contributed by atoms with Gasteiger partial charge in [-0.3, -0.25) is 9.59 Å². The van der Waals surface area contributed by atoms with Crippen molar-refractivity contribution in [2.45, 2.75) is 18.4 Å². The van der Waals surface area contributed by atoms with Crippen LogP contribution in [0.3, 0.4) is 0 Å². The Balaban J connectivity index is 1.88. The number of amides is 1. The summed E-state index contributed by atoms with van der Waals surface area (Å²) in [7, 11) is 0. The highest BCUT2D eigenvalue weighted by atomic mass is 16.5. The lowest BCUT2D eigenvalue weighted by Gasteiger charge is -2.27. The third-order valence-electron chi connectivity index (χ3n) is 3.80. The van der Waals surface area contributed by atoms with Crippen LogP contribution in [-0.4, -0.2) is 40.7 Å². The van der Waals surface area contributed by atoms with Crippen molar-refractivity contribution in [1.29, 1.82) is 0 Å². The summed E-state index contributed by atoms with van der Waals surface area (Å²) in [5, 5.41) is 12.8. The number of benzene rings is 1. The summed E-state index contributed by atoms with van der Waals surface area (Å²) >= 11 is 0. The number of hydrogen-bond acceptors (Lipinski definition) is 3. The first-order valence-corrected chi connectivity index (χ1v) is 6.78. The smallest absolute Gasteiger partial charge is 0.305 e. The number of H-pyrrole nitrogens is 1. The van der Waals surface area contributed by atoms with E-state index in [0.717, 1.165) is 10.9 Å².